The number of ether oxygens (including phenoxy) is 1. The smallest absolute Gasteiger partial charge is 0.338 e. The topological polar surface area (TPSA) is 59.5 Å². The number of hydrogen-bond donors (Lipinski definition) is 0. The Morgan fingerprint density at radius 1 is 1.30 bits per heavy atom. The molecule has 2 heterocycles. The van der Waals surface area contributed by atoms with Crippen LogP contribution in [0.15, 0.2) is 29.6 Å². The minimum absolute atomic E-state index is 0.123. The summed E-state index contributed by atoms with van der Waals surface area (Å²) >= 11 is 1.56. The van der Waals surface area contributed by atoms with Gasteiger partial charge < -0.3 is 9.64 Å². The third-order valence-electron chi connectivity index (χ3n) is 3.80. The Balaban J connectivity index is 1.64. The number of aromatic nitrogens is 1. The molecule has 0 N–H and O–H groups in total. The minimum atomic E-state index is -0.480. The Bertz CT molecular complexity index is 720. The first-order chi connectivity index (χ1) is 11.1. The van der Waals surface area contributed by atoms with Crippen molar-refractivity contribution in [3.63, 3.8) is 0 Å². The van der Waals surface area contributed by atoms with E-state index in [9.17, 15) is 9.59 Å². The van der Waals surface area contributed by atoms with Crippen molar-refractivity contribution in [1.29, 1.82) is 0 Å². The van der Waals surface area contributed by atoms with Crippen molar-refractivity contribution < 1.29 is 14.3 Å². The first-order valence-corrected chi connectivity index (χ1v) is 8.49. The standard InChI is InChI=1S/C17H18N2O3S/c1-12-18-15(11-23-12)13-5-4-6-14(9-13)17(21)22-10-16(20)19-7-2-3-8-19/h4-6,9,11H,2-3,7-8,10H2,1H3. The van der Waals surface area contributed by atoms with E-state index in [1.807, 2.05) is 18.4 Å². The lowest BCUT2D eigenvalue weighted by Crippen LogP contribution is -2.32. The number of carbonyl (C=O) groups is 2. The summed E-state index contributed by atoms with van der Waals surface area (Å²) in [5, 5.41) is 2.93. The molecule has 0 atom stereocenters. The predicted octanol–water partition coefficient (Wildman–Crippen LogP) is 2.90. The van der Waals surface area contributed by atoms with E-state index in [2.05, 4.69) is 4.98 Å². The van der Waals surface area contributed by atoms with Gasteiger partial charge in [0.2, 0.25) is 0 Å². The van der Waals surface area contributed by atoms with Crippen LogP contribution in [0.3, 0.4) is 0 Å². The largest absolute Gasteiger partial charge is 0.452 e. The van der Waals surface area contributed by atoms with Gasteiger partial charge >= 0.3 is 5.97 Å². The zero-order chi connectivity index (χ0) is 16.2. The van der Waals surface area contributed by atoms with E-state index in [0.717, 1.165) is 42.2 Å². The van der Waals surface area contributed by atoms with E-state index in [4.69, 9.17) is 4.74 Å². The van der Waals surface area contributed by atoms with Gasteiger partial charge in [-0.15, -0.1) is 11.3 Å². The molecule has 1 aliphatic rings. The predicted molar refractivity (Wildman–Crippen MR) is 88.4 cm³/mol. The molecule has 1 aromatic heterocycles. The molecule has 1 aliphatic heterocycles. The molecule has 1 amide bonds. The van der Waals surface area contributed by atoms with Gasteiger partial charge in [0.15, 0.2) is 6.61 Å². The monoisotopic (exact) mass is 330 g/mol. The van der Waals surface area contributed by atoms with Crippen molar-refractivity contribution in [2.45, 2.75) is 19.8 Å². The highest BCUT2D eigenvalue weighted by Gasteiger charge is 2.19. The summed E-state index contributed by atoms with van der Waals surface area (Å²) in [6, 6.07) is 7.13. The quantitative estimate of drug-likeness (QED) is 0.809. The molecule has 0 bridgehead atoms. The molecule has 0 aliphatic carbocycles. The number of thiazole rings is 1. The maximum absolute atomic E-state index is 12.1. The second-order valence-electron chi connectivity index (χ2n) is 5.50. The summed E-state index contributed by atoms with van der Waals surface area (Å²) in [4.78, 5) is 30.2. The number of hydrogen-bond acceptors (Lipinski definition) is 5. The molecule has 3 rings (SSSR count). The molecule has 5 nitrogen and oxygen atoms in total. The van der Waals surface area contributed by atoms with Gasteiger partial charge in [-0.2, -0.15) is 0 Å². The molecule has 1 fully saturated rings. The van der Waals surface area contributed by atoms with Crippen molar-refractivity contribution in [1.82, 2.24) is 9.88 Å². The van der Waals surface area contributed by atoms with Gasteiger partial charge in [-0.1, -0.05) is 12.1 Å². The molecule has 0 spiro atoms. The molecular formula is C17H18N2O3S. The Morgan fingerprint density at radius 3 is 2.78 bits per heavy atom. The van der Waals surface area contributed by atoms with E-state index >= 15 is 0 Å². The van der Waals surface area contributed by atoms with Crippen LogP contribution in [0.5, 0.6) is 0 Å². The fraction of sp³-hybridized carbons (Fsp3) is 0.353. The maximum Gasteiger partial charge on any atom is 0.338 e. The second-order valence-corrected chi connectivity index (χ2v) is 6.56. The third-order valence-corrected chi connectivity index (χ3v) is 4.57. The van der Waals surface area contributed by atoms with Crippen molar-refractivity contribution in [2.24, 2.45) is 0 Å². The summed E-state index contributed by atoms with van der Waals surface area (Å²) in [5.74, 6) is -0.603. The van der Waals surface area contributed by atoms with Gasteiger partial charge in [0.05, 0.1) is 16.3 Å². The van der Waals surface area contributed by atoms with E-state index in [1.165, 1.54) is 0 Å². The molecule has 1 aromatic carbocycles. The molecule has 0 radical (unpaired) electrons. The van der Waals surface area contributed by atoms with Gasteiger partial charge in [-0.3, -0.25) is 4.79 Å². The zero-order valence-electron chi connectivity index (χ0n) is 12.9. The number of rotatable bonds is 4. The molecule has 2 aromatic rings. The number of esters is 1. The van der Waals surface area contributed by atoms with E-state index in [-0.39, 0.29) is 12.5 Å². The van der Waals surface area contributed by atoms with Crippen LogP contribution < -0.4 is 0 Å². The van der Waals surface area contributed by atoms with Crippen molar-refractivity contribution in [3.05, 3.63) is 40.2 Å². The lowest BCUT2D eigenvalue weighted by atomic mass is 10.1. The third kappa shape index (κ3) is 3.76. The molecule has 120 valence electrons. The number of nitrogens with zero attached hydrogens (tertiary/aromatic N) is 2. The Kier molecular flexibility index (Phi) is 4.71. The molecule has 0 unspecified atom stereocenters. The summed E-state index contributed by atoms with van der Waals surface area (Å²) < 4.78 is 5.15. The van der Waals surface area contributed by atoms with Crippen LogP contribution in [0.4, 0.5) is 0 Å². The average Bonchev–Trinajstić information content (AvgIpc) is 3.24. The first kappa shape index (κ1) is 15.7. The Labute approximate surface area is 138 Å². The number of carbonyl (C=O) groups excluding carboxylic acids is 2. The molecular weight excluding hydrogens is 312 g/mol. The number of likely N-dealkylation sites (tertiary alicyclic amines) is 1. The fourth-order valence-electron chi connectivity index (χ4n) is 2.57. The first-order valence-electron chi connectivity index (χ1n) is 7.61. The van der Waals surface area contributed by atoms with Gasteiger partial charge in [0.25, 0.3) is 5.91 Å². The second kappa shape index (κ2) is 6.91. The minimum Gasteiger partial charge on any atom is -0.452 e. The van der Waals surface area contributed by atoms with Crippen LogP contribution in [0.1, 0.15) is 28.2 Å². The Hall–Kier alpha value is -2.21. The van der Waals surface area contributed by atoms with Crippen LogP contribution in [0.25, 0.3) is 11.3 Å². The lowest BCUT2D eigenvalue weighted by Gasteiger charge is -2.14. The summed E-state index contributed by atoms with van der Waals surface area (Å²) in [6.45, 7) is 3.26. The Morgan fingerprint density at radius 2 is 2.09 bits per heavy atom. The van der Waals surface area contributed by atoms with Gasteiger partial charge in [0.1, 0.15) is 0 Å². The van der Waals surface area contributed by atoms with Crippen molar-refractivity contribution in [3.8, 4) is 11.3 Å². The average molecular weight is 330 g/mol. The van der Waals surface area contributed by atoms with Gasteiger partial charge in [-0.25, -0.2) is 9.78 Å². The highest BCUT2D eigenvalue weighted by molar-refractivity contribution is 7.09. The number of benzene rings is 1. The molecule has 6 heteroatoms. The summed E-state index contributed by atoms with van der Waals surface area (Å²) in [6.07, 6.45) is 2.05. The van der Waals surface area contributed by atoms with Crippen LogP contribution in [-0.4, -0.2) is 41.5 Å². The van der Waals surface area contributed by atoms with Crippen molar-refractivity contribution >= 4 is 23.2 Å². The molecule has 23 heavy (non-hydrogen) atoms. The van der Waals surface area contributed by atoms with Crippen LogP contribution in [-0.2, 0) is 9.53 Å². The van der Waals surface area contributed by atoms with Crippen LogP contribution in [0.2, 0.25) is 0 Å². The zero-order valence-corrected chi connectivity index (χ0v) is 13.8. The van der Waals surface area contributed by atoms with Crippen LogP contribution >= 0.6 is 11.3 Å². The van der Waals surface area contributed by atoms with Crippen molar-refractivity contribution in [2.75, 3.05) is 19.7 Å². The van der Waals surface area contributed by atoms with Gasteiger partial charge in [-0.05, 0) is 31.9 Å². The fourth-order valence-corrected chi connectivity index (χ4v) is 3.19. The van der Waals surface area contributed by atoms with E-state index in [1.54, 1.807) is 34.4 Å². The van der Waals surface area contributed by atoms with Gasteiger partial charge in [0, 0.05) is 24.0 Å². The summed E-state index contributed by atoms with van der Waals surface area (Å²) in [7, 11) is 0. The SMILES string of the molecule is Cc1nc(-c2cccc(C(=O)OCC(=O)N3CCCC3)c2)cs1. The van der Waals surface area contributed by atoms with E-state index in [0.29, 0.717) is 5.56 Å². The highest BCUT2D eigenvalue weighted by atomic mass is 32.1. The number of aryl methyl sites for hydroxylation is 1. The molecule has 1 saturated heterocycles. The summed E-state index contributed by atoms with van der Waals surface area (Å²) in [5.41, 5.74) is 2.15. The van der Waals surface area contributed by atoms with E-state index < -0.39 is 5.97 Å². The highest BCUT2D eigenvalue weighted by Crippen LogP contribution is 2.22. The number of amides is 1. The molecule has 0 saturated carbocycles. The maximum atomic E-state index is 12.1. The lowest BCUT2D eigenvalue weighted by molar-refractivity contribution is -0.133. The van der Waals surface area contributed by atoms with Crippen LogP contribution in [0, 0.1) is 6.92 Å². The normalized spacial score (nSPS) is 14.0.